The van der Waals surface area contributed by atoms with E-state index in [1.165, 1.54) is 12.8 Å². The number of pyridine rings is 1. The number of esters is 1. The molecule has 2 aromatic rings. The molecule has 3 aliphatic rings. The van der Waals surface area contributed by atoms with E-state index in [0.29, 0.717) is 42.7 Å². The van der Waals surface area contributed by atoms with Crippen molar-refractivity contribution in [3.8, 4) is 0 Å². The van der Waals surface area contributed by atoms with E-state index in [0.717, 1.165) is 26.1 Å². The van der Waals surface area contributed by atoms with Crippen molar-refractivity contribution in [2.45, 2.75) is 38.2 Å². The summed E-state index contributed by atoms with van der Waals surface area (Å²) in [7, 11) is 1.87. The Bertz CT molecular complexity index is 941. The van der Waals surface area contributed by atoms with Crippen LogP contribution in [0.4, 0.5) is 0 Å². The van der Waals surface area contributed by atoms with E-state index in [4.69, 9.17) is 4.74 Å². The summed E-state index contributed by atoms with van der Waals surface area (Å²) in [5, 5.41) is 0. The molecule has 1 spiro atoms. The fourth-order valence-electron chi connectivity index (χ4n) is 5.11. The van der Waals surface area contributed by atoms with Gasteiger partial charge in [-0.25, -0.2) is 9.97 Å². The lowest BCUT2D eigenvalue weighted by Gasteiger charge is -2.36. The number of amides is 1. The molecular weight excluding hydrogens is 370 g/mol. The fraction of sp³-hybridized carbons (Fsp3) is 0.619. The Labute approximate surface area is 169 Å². The Hall–Kier alpha value is -2.48. The lowest BCUT2D eigenvalue weighted by Crippen LogP contribution is -2.45. The number of imidazole rings is 1. The van der Waals surface area contributed by atoms with Crippen LogP contribution in [0.15, 0.2) is 18.6 Å². The second-order valence-corrected chi connectivity index (χ2v) is 8.70. The van der Waals surface area contributed by atoms with Gasteiger partial charge in [0.2, 0.25) is 0 Å². The molecule has 1 unspecified atom stereocenters. The number of ether oxygens (including phenoxy) is 1. The summed E-state index contributed by atoms with van der Waals surface area (Å²) in [5.41, 5.74) is 1.49. The largest absolute Gasteiger partial charge is 0.461 e. The lowest BCUT2D eigenvalue weighted by atomic mass is 9.76. The van der Waals surface area contributed by atoms with Crippen LogP contribution in [0, 0.1) is 5.41 Å². The Kier molecular flexibility index (Phi) is 4.53. The molecule has 8 heteroatoms. The second-order valence-electron chi connectivity index (χ2n) is 8.70. The number of carbonyl (C=O) groups excluding carboxylic acids is 2. The van der Waals surface area contributed by atoms with Crippen LogP contribution >= 0.6 is 0 Å². The second kappa shape index (κ2) is 7.09. The van der Waals surface area contributed by atoms with Crippen molar-refractivity contribution in [2.24, 2.45) is 12.5 Å². The smallest absolute Gasteiger partial charge is 0.312 e. The molecule has 2 aromatic heterocycles. The summed E-state index contributed by atoms with van der Waals surface area (Å²) in [6, 6.07) is 1.73. The van der Waals surface area contributed by atoms with Gasteiger partial charge < -0.3 is 14.2 Å². The van der Waals surface area contributed by atoms with Crippen LogP contribution < -0.4 is 0 Å². The van der Waals surface area contributed by atoms with Crippen LogP contribution in [0.25, 0.3) is 11.2 Å². The molecule has 3 aliphatic heterocycles. The molecule has 1 amide bonds. The molecule has 0 N–H and O–H groups in total. The molecule has 5 rings (SSSR count). The highest BCUT2D eigenvalue weighted by atomic mass is 16.6. The van der Waals surface area contributed by atoms with Gasteiger partial charge in [-0.05, 0) is 44.8 Å². The predicted octanol–water partition coefficient (Wildman–Crippen LogP) is 1.60. The fourth-order valence-corrected chi connectivity index (χ4v) is 5.11. The van der Waals surface area contributed by atoms with E-state index in [-0.39, 0.29) is 18.0 Å². The first-order valence-electron chi connectivity index (χ1n) is 10.5. The number of hydrogen-bond donors (Lipinski definition) is 0. The van der Waals surface area contributed by atoms with Gasteiger partial charge in [-0.2, -0.15) is 0 Å². The summed E-state index contributed by atoms with van der Waals surface area (Å²) >= 11 is 0. The number of carbonyl (C=O) groups is 2. The van der Waals surface area contributed by atoms with Crippen LogP contribution in [-0.2, 0) is 16.6 Å². The number of fused-ring (bicyclic) bond motifs is 1. The molecule has 8 nitrogen and oxygen atoms in total. The molecule has 29 heavy (non-hydrogen) atoms. The number of piperidine rings is 1. The first kappa shape index (κ1) is 18.5. The standard InChI is InChI=1S/C21H27N5O3/c1-24-14-23-17-16(4-7-22-18(17)24)19(27)26-10-5-21(6-11-26)12-15(29-20(21)28)13-25-8-2-3-9-25/h4,7,14-15H,2-3,5-6,8-13H2,1H3. The third-order valence-electron chi connectivity index (χ3n) is 6.82. The Morgan fingerprint density at radius 2 is 1.97 bits per heavy atom. The van der Waals surface area contributed by atoms with Crippen LogP contribution in [0.2, 0.25) is 0 Å². The Morgan fingerprint density at radius 1 is 1.21 bits per heavy atom. The first-order chi connectivity index (χ1) is 14.1. The average Bonchev–Trinajstić information content (AvgIpc) is 3.44. The molecule has 0 bridgehead atoms. The van der Waals surface area contributed by atoms with Gasteiger partial charge in [0.25, 0.3) is 5.91 Å². The zero-order chi connectivity index (χ0) is 20.0. The topological polar surface area (TPSA) is 80.6 Å². The van der Waals surface area contributed by atoms with E-state index >= 15 is 0 Å². The summed E-state index contributed by atoms with van der Waals surface area (Å²) in [4.78, 5) is 38.7. The van der Waals surface area contributed by atoms with Crippen molar-refractivity contribution in [1.82, 2.24) is 24.3 Å². The van der Waals surface area contributed by atoms with Gasteiger partial charge in [0.15, 0.2) is 5.65 Å². The number of cyclic esters (lactones) is 1. The highest BCUT2D eigenvalue weighted by Gasteiger charge is 2.51. The van der Waals surface area contributed by atoms with Gasteiger partial charge in [0, 0.05) is 39.3 Å². The van der Waals surface area contributed by atoms with Crippen LogP contribution in [0.3, 0.4) is 0 Å². The molecule has 5 heterocycles. The van der Waals surface area contributed by atoms with Crippen molar-refractivity contribution in [1.29, 1.82) is 0 Å². The van der Waals surface area contributed by atoms with Crippen LogP contribution in [-0.4, -0.2) is 75.0 Å². The van der Waals surface area contributed by atoms with Crippen molar-refractivity contribution < 1.29 is 14.3 Å². The summed E-state index contributed by atoms with van der Waals surface area (Å²) < 4.78 is 7.56. The van der Waals surface area contributed by atoms with Gasteiger partial charge in [0.1, 0.15) is 11.6 Å². The number of rotatable bonds is 3. The van der Waals surface area contributed by atoms with E-state index in [1.54, 1.807) is 18.6 Å². The molecule has 1 atom stereocenters. The van der Waals surface area contributed by atoms with Crippen LogP contribution in [0.5, 0.6) is 0 Å². The Balaban J connectivity index is 1.26. The third kappa shape index (κ3) is 3.19. The van der Waals surface area contributed by atoms with Crippen molar-refractivity contribution >= 4 is 23.0 Å². The van der Waals surface area contributed by atoms with Gasteiger partial charge in [-0.3, -0.25) is 14.5 Å². The molecule has 154 valence electrons. The number of hydrogen-bond acceptors (Lipinski definition) is 6. The summed E-state index contributed by atoms with van der Waals surface area (Å²) in [6.45, 7) is 4.21. The van der Waals surface area contributed by atoms with E-state index < -0.39 is 5.41 Å². The normalized spacial score (nSPS) is 24.5. The monoisotopic (exact) mass is 397 g/mol. The number of nitrogens with zero attached hydrogens (tertiary/aromatic N) is 5. The van der Waals surface area contributed by atoms with Gasteiger partial charge in [-0.1, -0.05) is 0 Å². The van der Waals surface area contributed by atoms with Gasteiger partial charge >= 0.3 is 5.97 Å². The maximum Gasteiger partial charge on any atom is 0.312 e. The molecule has 3 fully saturated rings. The molecular formula is C21H27N5O3. The summed E-state index contributed by atoms with van der Waals surface area (Å²) in [6.07, 6.45) is 7.92. The number of likely N-dealkylation sites (tertiary alicyclic amines) is 2. The maximum atomic E-state index is 13.1. The van der Waals surface area contributed by atoms with Crippen LogP contribution in [0.1, 0.15) is 42.5 Å². The lowest BCUT2D eigenvalue weighted by molar-refractivity contribution is -0.150. The average molecular weight is 397 g/mol. The molecule has 3 saturated heterocycles. The van der Waals surface area contributed by atoms with Crippen molar-refractivity contribution in [2.75, 3.05) is 32.7 Å². The third-order valence-corrected chi connectivity index (χ3v) is 6.82. The minimum atomic E-state index is -0.417. The minimum Gasteiger partial charge on any atom is -0.461 e. The summed E-state index contributed by atoms with van der Waals surface area (Å²) in [5.74, 6) is -0.101. The van der Waals surface area contributed by atoms with Crippen molar-refractivity contribution in [3.63, 3.8) is 0 Å². The molecule has 0 aliphatic carbocycles. The zero-order valence-corrected chi connectivity index (χ0v) is 16.8. The zero-order valence-electron chi connectivity index (χ0n) is 16.8. The minimum absolute atomic E-state index is 0.00353. The number of aryl methyl sites for hydroxylation is 1. The van der Waals surface area contributed by atoms with Gasteiger partial charge in [-0.15, -0.1) is 0 Å². The predicted molar refractivity (Wildman–Crippen MR) is 106 cm³/mol. The highest BCUT2D eigenvalue weighted by Crippen LogP contribution is 2.43. The molecule has 0 radical (unpaired) electrons. The quantitative estimate of drug-likeness (QED) is 0.732. The van der Waals surface area contributed by atoms with E-state index in [9.17, 15) is 9.59 Å². The van der Waals surface area contributed by atoms with Gasteiger partial charge in [0.05, 0.1) is 17.3 Å². The SMILES string of the molecule is Cn1cnc2c(C(=O)N3CCC4(CC3)CC(CN3CCCC3)OC4=O)ccnc21. The first-order valence-corrected chi connectivity index (χ1v) is 10.5. The van der Waals surface area contributed by atoms with E-state index in [1.807, 2.05) is 16.5 Å². The highest BCUT2D eigenvalue weighted by molar-refractivity contribution is 6.04. The number of aromatic nitrogens is 3. The van der Waals surface area contributed by atoms with E-state index in [2.05, 4.69) is 14.9 Å². The maximum absolute atomic E-state index is 13.1. The molecule has 0 saturated carbocycles. The molecule has 0 aromatic carbocycles. The Morgan fingerprint density at radius 3 is 2.72 bits per heavy atom. The van der Waals surface area contributed by atoms with Crippen molar-refractivity contribution in [3.05, 3.63) is 24.2 Å².